The summed E-state index contributed by atoms with van der Waals surface area (Å²) in [5.41, 5.74) is 1.24. The maximum atomic E-state index is 10.9. The topological polar surface area (TPSA) is 75.1 Å². The van der Waals surface area contributed by atoms with Gasteiger partial charge in [0.1, 0.15) is 0 Å². The molecule has 0 fully saturated rings. The fraction of sp³-hybridized carbons (Fsp3) is 0.375. The van der Waals surface area contributed by atoms with E-state index in [2.05, 4.69) is 27.9 Å². The number of carbonyl (C=O) groups excluding carboxylic acids is 1. The number of aryl methyl sites for hydroxylation is 1. The molecule has 1 aromatic heterocycles. The molecule has 1 heterocycles. The van der Waals surface area contributed by atoms with Gasteiger partial charge in [0.05, 0.1) is 5.75 Å². The average molecular weight is 213 g/mol. The fourth-order valence-electron chi connectivity index (χ4n) is 0.834. The molecule has 1 aromatic rings. The summed E-state index contributed by atoms with van der Waals surface area (Å²) in [6, 6.07) is 0. The molecule has 5 nitrogen and oxygen atoms in total. The highest BCUT2D eigenvalue weighted by atomic mass is 32.1. The van der Waals surface area contributed by atoms with Crippen LogP contribution in [0.15, 0.2) is 0 Å². The van der Waals surface area contributed by atoms with Crippen molar-refractivity contribution in [2.24, 2.45) is 0 Å². The highest BCUT2D eigenvalue weighted by molar-refractivity contribution is 7.81. The molecule has 0 aliphatic rings. The maximum Gasteiger partial charge on any atom is 0.236 e. The van der Waals surface area contributed by atoms with Crippen molar-refractivity contribution in [2.45, 2.75) is 13.8 Å². The molecule has 0 atom stereocenters. The summed E-state index contributed by atoms with van der Waals surface area (Å²) in [6.07, 6.45) is 0. The maximum absolute atomic E-state index is 10.9. The van der Waals surface area contributed by atoms with Gasteiger partial charge in [-0.2, -0.15) is 17.6 Å². The Bertz CT molecular complexity index is 345. The zero-order chi connectivity index (χ0) is 10.7. The van der Waals surface area contributed by atoms with Crippen LogP contribution < -0.4 is 5.32 Å². The largest absolute Gasteiger partial charge is 0.493 e. The summed E-state index contributed by atoms with van der Waals surface area (Å²) in [7, 11) is 0. The first-order chi connectivity index (χ1) is 6.54. The number of hydrogen-bond donors (Lipinski definition) is 3. The molecule has 0 bridgehead atoms. The van der Waals surface area contributed by atoms with E-state index < -0.39 is 0 Å². The van der Waals surface area contributed by atoms with Crippen LogP contribution in [0, 0.1) is 13.8 Å². The van der Waals surface area contributed by atoms with Crippen LogP contribution in [-0.4, -0.2) is 26.7 Å². The predicted molar refractivity (Wildman–Crippen MR) is 55.7 cm³/mol. The average Bonchev–Trinajstić information content (AvgIpc) is 2.14. The van der Waals surface area contributed by atoms with Gasteiger partial charge in [0, 0.05) is 11.3 Å². The molecule has 76 valence electrons. The Morgan fingerprint density at radius 2 is 2.14 bits per heavy atom. The molecule has 0 spiro atoms. The number of hydrogen-bond acceptors (Lipinski definition) is 5. The predicted octanol–water partition coefficient (Wildman–Crippen LogP) is 0.667. The molecule has 6 heteroatoms. The normalized spacial score (nSPS) is 9.93. The third-order valence-electron chi connectivity index (χ3n) is 1.76. The number of carbonyl (C=O) groups is 1. The van der Waals surface area contributed by atoms with Gasteiger partial charge in [-0.1, -0.05) is 0 Å². The molecule has 0 saturated carbocycles. The van der Waals surface area contributed by atoms with Gasteiger partial charge in [0.15, 0.2) is 0 Å². The van der Waals surface area contributed by atoms with Crippen LogP contribution in [0.25, 0.3) is 0 Å². The second-order valence-electron chi connectivity index (χ2n) is 2.79. The number of aromatic hydroxyl groups is 1. The van der Waals surface area contributed by atoms with Crippen LogP contribution in [0.2, 0.25) is 0 Å². The Morgan fingerprint density at radius 1 is 1.50 bits per heavy atom. The van der Waals surface area contributed by atoms with E-state index in [1.807, 2.05) is 0 Å². The summed E-state index contributed by atoms with van der Waals surface area (Å²) in [5.74, 6) is -0.274. The zero-order valence-electron chi connectivity index (χ0n) is 7.90. The second kappa shape index (κ2) is 4.28. The molecule has 0 unspecified atom stereocenters. The third-order valence-corrected chi connectivity index (χ3v) is 2.05. The summed E-state index contributed by atoms with van der Waals surface area (Å²) >= 11 is 3.79. The number of nitrogens with zero attached hydrogens (tertiary/aromatic N) is 2. The third kappa shape index (κ3) is 2.35. The van der Waals surface area contributed by atoms with Gasteiger partial charge in [-0.3, -0.25) is 10.1 Å². The first-order valence-electron chi connectivity index (χ1n) is 3.99. The van der Waals surface area contributed by atoms with E-state index in [0.717, 1.165) is 0 Å². The van der Waals surface area contributed by atoms with Crippen molar-refractivity contribution in [1.29, 1.82) is 0 Å². The van der Waals surface area contributed by atoms with E-state index in [9.17, 15) is 9.90 Å². The lowest BCUT2D eigenvalue weighted by molar-refractivity contribution is -0.113. The number of aromatic nitrogens is 2. The molecule has 1 rings (SSSR count). The summed E-state index contributed by atoms with van der Waals surface area (Å²) in [6.45, 7) is 3.43. The number of amides is 1. The number of nitrogens with one attached hydrogen (secondary N) is 1. The van der Waals surface area contributed by atoms with Gasteiger partial charge >= 0.3 is 0 Å². The van der Waals surface area contributed by atoms with Crippen molar-refractivity contribution in [3.63, 3.8) is 0 Å². The van der Waals surface area contributed by atoms with Gasteiger partial charge < -0.3 is 5.11 Å². The smallest absolute Gasteiger partial charge is 0.236 e. The highest BCUT2D eigenvalue weighted by Gasteiger charge is 2.08. The van der Waals surface area contributed by atoms with Crippen molar-refractivity contribution in [2.75, 3.05) is 11.1 Å². The van der Waals surface area contributed by atoms with E-state index in [0.29, 0.717) is 11.3 Å². The number of thiol groups is 1. The molecule has 0 radical (unpaired) electrons. The van der Waals surface area contributed by atoms with E-state index in [1.54, 1.807) is 13.8 Å². The SMILES string of the molecule is Cc1nc(NC(=O)CS)nc(O)c1C. The molecule has 2 N–H and O–H groups in total. The minimum Gasteiger partial charge on any atom is -0.493 e. The van der Waals surface area contributed by atoms with Crippen molar-refractivity contribution in [1.82, 2.24) is 9.97 Å². The molecular formula is C8H11N3O2S. The van der Waals surface area contributed by atoms with E-state index in [4.69, 9.17) is 0 Å². The Morgan fingerprint density at radius 3 is 2.64 bits per heavy atom. The summed E-state index contributed by atoms with van der Waals surface area (Å²) in [4.78, 5) is 18.6. The molecule has 0 saturated heterocycles. The van der Waals surface area contributed by atoms with Crippen molar-refractivity contribution in [3.8, 4) is 5.88 Å². The van der Waals surface area contributed by atoms with Crippen LogP contribution >= 0.6 is 12.6 Å². The molecule has 0 aromatic carbocycles. The fourth-order valence-corrected chi connectivity index (χ4v) is 0.913. The molecular weight excluding hydrogens is 202 g/mol. The van der Waals surface area contributed by atoms with Crippen molar-refractivity contribution < 1.29 is 9.90 Å². The summed E-state index contributed by atoms with van der Waals surface area (Å²) < 4.78 is 0. The van der Waals surface area contributed by atoms with Gasteiger partial charge in [-0.05, 0) is 13.8 Å². The summed E-state index contributed by atoms with van der Waals surface area (Å²) in [5, 5.41) is 11.7. The quantitative estimate of drug-likeness (QED) is 0.631. The minimum absolute atomic E-state index is 0.0526. The van der Waals surface area contributed by atoms with Crippen molar-refractivity contribution >= 4 is 24.5 Å². The Balaban J connectivity index is 2.95. The van der Waals surface area contributed by atoms with Gasteiger partial charge in [0.2, 0.25) is 17.7 Å². The van der Waals surface area contributed by atoms with Crippen LogP contribution in [-0.2, 0) is 4.79 Å². The van der Waals surface area contributed by atoms with E-state index >= 15 is 0 Å². The number of anilines is 1. The van der Waals surface area contributed by atoms with E-state index in [-0.39, 0.29) is 23.5 Å². The highest BCUT2D eigenvalue weighted by Crippen LogP contribution is 2.17. The second-order valence-corrected chi connectivity index (χ2v) is 3.10. The lowest BCUT2D eigenvalue weighted by Gasteiger charge is -2.05. The minimum atomic E-state index is -0.309. The lowest BCUT2D eigenvalue weighted by atomic mass is 10.3. The molecule has 0 aliphatic heterocycles. The van der Waals surface area contributed by atoms with Crippen LogP contribution in [0.3, 0.4) is 0 Å². The van der Waals surface area contributed by atoms with Gasteiger partial charge in [0.25, 0.3) is 0 Å². The van der Waals surface area contributed by atoms with E-state index in [1.165, 1.54) is 0 Å². The van der Waals surface area contributed by atoms with Crippen LogP contribution in [0.5, 0.6) is 5.88 Å². The Hall–Kier alpha value is -1.30. The van der Waals surface area contributed by atoms with Crippen LogP contribution in [0.1, 0.15) is 11.3 Å². The van der Waals surface area contributed by atoms with Crippen LogP contribution in [0.4, 0.5) is 5.95 Å². The standard InChI is InChI=1S/C8H11N3O2S/c1-4-5(2)9-8(11-7(4)13)10-6(12)3-14/h14H,3H2,1-2H3,(H2,9,10,11,12,13). The lowest BCUT2D eigenvalue weighted by Crippen LogP contribution is -2.15. The Kier molecular flexibility index (Phi) is 3.29. The van der Waals surface area contributed by atoms with Gasteiger partial charge in [-0.15, -0.1) is 0 Å². The zero-order valence-corrected chi connectivity index (χ0v) is 8.80. The van der Waals surface area contributed by atoms with Gasteiger partial charge in [-0.25, -0.2) is 4.98 Å². The molecule has 0 aliphatic carbocycles. The Labute approximate surface area is 87.0 Å². The monoisotopic (exact) mass is 213 g/mol. The number of rotatable bonds is 2. The molecule has 1 amide bonds. The van der Waals surface area contributed by atoms with Crippen molar-refractivity contribution in [3.05, 3.63) is 11.3 Å². The molecule has 14 heavy (non-hydrogen) atoms. The first-order valence-corrected chi connectivity index (χ1v) is 4.62. The first kappa shape index (κ1) is 10.8.